The molecule has 1 aromatic heterocycles. The molecular formula is C14H26N4. The molecule has 1 saturated heterocycles. The lowest BCUT2D eigenvalue weighted by molar-refractivity contribution is 0.370. The van der Waals surface area contributed by atoms with Crippen LogP contribution in [-0.4, -0.2) is 41.1 Å². The molecule has 102 valence electrons. The number of nitrogens with zero attached hydrogens (tertiary/aromatic N) is 3. The Morgan fingerprint density at radius 1 is 1.50 bits per heavy atom. The standard InChI is InChI=1S/C14H26N4/c1-11(2)13(6-15)14-7-16-10-18(14)9-12-4-5-17(3)8-12/h7,10-13H,4-6,8-9,15H2,1-3H3. The molecule has 0 aliphatic carbocycles. The largest absolute Gasteiger partial charge is 0.334 e. The summed E-state index contributed by atoms with van der Waals surface area (Å²) in [5.41, 5.74) is 7.22. The van der Waals surface area contributed by atoms with Crippen LogP contribution in [-0.2, 0) is 6.54 Å². The second-order valence-electron chi connectivity index (χ2n) is 5.97. The molecule has 1 aromatic rings. The van der Waals surface area contributed by atoms with E-state index in [1.54, 1.807) is 0 Å². The third-order valence-electron chi connectivity index (χ3n) is 4.13. The van der Waals surface area contributed by atoms with E-state index in [1.165, 1.54) is 25.2 Å². The highest BCUT2D eigenvalue weighted by Crippen LogP contribution is 2.25. The van der Waals surface area contributed by atoms with Crippen molar-refractivity contribution in [2.45, 2.75) is 32.7 Å². The molecule has 0 aromatic carbocycles. The Bertz CT molecular complexity index is 372. The molecule has 0 bridgehead atoms. The van der Waals surface area contributed by atoms with Gasteiger partial charge in [0, 0.05) is 37.4 Å². The predicted molar refractivity (Wildman–Crippen MR) is 74.5 cm³/mol. The van der Waals surface area contributed by atoms with Gasteiger partial charge in [0.1, 0.15) is 0 Å². The van der Waals surface area contributed by atoms with Crippen LogP contribution in [0.25, 0.3) is 0 Å². The number of likely N-dealkylation sites (tertiary alicyclic amines) is 1. The summed E-state index contributed by atoms with van der Waals surface area (Å²) < 4.78 is 2.32. The van der Waals surface area contributed by atoms with Crippen molar-refractivity contribution in [3.05, 3.63) is 18.2 Å². The van der Waals surface area contributed by atoms with E-state index < -0.39 is 0 Å². The molecule has 2 heterocycles. The highest BCUT2D eigenvalue weighted by molar-refractivity contribution is 5.08. The van der Waals surface area contributed by atoms with Crippen molar-refractivity contribution < 1.29 is 0 Å². The number of aromatic nitrogens is 2. The van der Waals surface area contributed by atoms with Crippen LogP contribution in [0.3, 0.4) is 0 Å². The van der Waals surface area contributed by atoms with Crippen molar-refractivity contribution in [3.63, 3.8) is 0 Å². The van der Waals surface area contributed by atoms with E-state index in [9.17, 15) is 0 Å². The first-order valence-electron chi connectivity index (χ1n) is 7.00. The van der Waals surface area contributed by atoms with E-state index >= 15 is 0 Å². The fourth-order valence-corrected chi connectivity index (χ4v) is 2.98. The third kappa shape index (κ3) is 2.93. The Labute approximate surface area is 110 Å². The fourth-order valence-electron chi connectivity index (χ4n) is 2.98. The molecule has 1 aliphatic rings. The summed E-state index contributed by atoms with van der Waals surface area (Å²) in [5.74, 6) is 1.75. The second kappa shape index (κ2) is 5.85. The van der Waals surface area contributed by atoms with Crippen molar-refractivity contribution in [3.8, 4) is 0 Å². The average molecular weight is 250 g/mol. The van der Waals surface area contributed by atoms with Crippen LogP contribution >= 0.6 is 0 Å². The Morgan fingerprint density at radius 2 is 2.28 bits per heavy atom. The average Bonchev–Trinajstić information content (AvgIpc) is 2.90. The van der Waals surface area contributed by atoms with Crippen LogP contribution in [0, 0.1) is 11.8 Å². The molecule has 4 nitrogen and oxygen atoms in total. The molecule has 1 aliphatic heterocycles. The van der Waals surface area contributed by atoms with E-state index in [4.69, 9.17) is 5.73 Å². The van der Waals surface area contributed by atoms with Crippen LogP contribution in [0.15, 0.2) is 12.5 Å². The molecular weight excluding hydrogens is 224 g/mol. The van der Waals surface area contributed by atoms with Crippen molar-refractivity contribution in [1.82, 2.24) is 14.5 Å². The summed E-state index contributed by atoms with van der Waals surface area (Å²) in [6.07, 6.45) is 5.26. The van der Waals surface area contributed by atoms with Crippen molar-refractivity contribution in [2.24, 2.45) is 17.6 Å². The van der Waals surface area contributed by atoms with Crippen molar-refractivity contribution in [1.29, 1.82) is 0 Å². The zero-order valence-electron chi connectivity index (χ0n) is 11.8. The lowest BCUT2D eigenvalue weighted by Crippen LogP contribution is -2.23. The third-order valence-corrected chi connectivity index (χ3v) is 4.13. The monoisotopic (exact) mass is 250 g/mol. The number of rotatable bonds is 5. The molecule has 0 spiro atoms. The maximum absolute atomic E-state index is 5.91. The van der Waals surface area contributed by atoms with Crippen LogP contribution in [0.4, 0.5) is 0 Å². The lowest BCUT2D eigenvalue weighted by Gasteiger charge is -2.22. The van der Waals surface area contributed by atoms with Crippen LogP contribution in [0.2, 0.25) is 0 Å². The van der Waals surface area contributed by atoms with Crippen molar-refractivity contribution in [2.75, 3.05) is 26.7 Å². The molecule has 0 saturated carbocycles. The molecule has 2 atom stereocenters. The minimum atomic E-state index is 0.423. The van der Waals surface area contributed by atoms with Gasteiger partial charge < -0.3 is 15.2 Å². The molecule has 0 radical (unpaired) electrons. The van der Waals surface area contributed by atoms with Gasteiger partial charge in [-0.2, -0.15) is 0 Å². The van der Waals surface area contributed by atoms with Gasteiger partial charge in [-0.3, -0.25) is 0 Å². The zero-order valence-corrected chi connectivity index (χ0v) is 11.8. The Hall–Kier alpha value is -0.870. The first-order chi connectivity index (χ1) is 8.61. The highest BCUT2D eigenvalue weighted by Gasteiger charge is 2.23. The fraction of sp³-hybridized carbons (Fsp3) is 0.786. The van der Waals surface area contributed by atoms with Gasteiger partial charge in [0.05, 0.1) is 6.33 Å². The van der Waals surface area contributed by atoms with Crippen LogP contribution in [0.5, 0.6) is 0 Å². The Morgan fingerprint density at radius 3 is 2.83 bits per heavy atom. The summed E-state index contributed by atoms with van der Waals surface area (Å²) in [6, 6.07) is 0. The van der Waals surface area contributed by atoms with E-state index in [2.05, 4.69) is 35.3 Å². The van der Waals surface area contributed by atoms with Gasteiger partial charge in [-0.1, -0.05) is 13.8 Å². The van der Waals surface area contributed by atoms with Gasteiger partial charge in [0.25, 0.3) is 0 Å². The molecule has 0 amide bonds. The van der Waals surface area contributed by atoms with E-state index in [0.29, 0.717) is 18.4 Å². The number of nitrogens with two attached hydrogens (primary N) is 1. The topological polar surface area (TPSA) is 47.1 Å². The lowest BCUT2D eigenvalue weighted by atomic mass is 9.92. The van der Waals surface area contributed by atoms with Crippen molar-refractivity contribution >= 4 is 0 Å². The summed E-state index contributed by atoms with van der Waals surface area (Å²) in [7, 11) is 2.20. The van der Waals surface area contributed by atoms with Crippen LogP contribution in [0.1, 0.15) is 31.9 Å². The van der Waals surface area contributed by atoms with Gasteiger partial charge in [0.2, 0.25) is 0 Å². The molecule has 2 rings (SSSR count). The second-order valence-corrected chi connectivity index (χ2v) is 5.97. The first kappa shape index (κ1) is 13.6. The molecule has 1 fully saturated rings. The smallest absolute Gasteiger partial charge is 0.0948 e. The number of hydrogen-bond donors (Lipinski definition) is 1. The normalized spacial score (nSPS) is 22.8. The summed E-state index contributed by atoms with van der Waals surface area (Å²) in [5, 5.41) is 0. The van der Waals surface area contributed by atoms with Gasteiger partial charge in [-0.25, -0.2) is 4.98 Å². The van der Waals surface area contributed by atoms with Gasteiger partial charge in [0.15, 0.2) is 0 Å². The van der Waals surface area contributed by atoms with E-state index in [0.717, 1.165) is 12.5 Å². The Balaban J connectivity index is 2.07. The SMILES string of the molecule is CC(C)C(CN)c1cncn1CC1CCN(C)C1. The summed E-state index contributed by atoms with van der Waals surface area (Å²) in [4.78, 5) is 6.74. The van der Waals surface area contributed by atoms with Crippen LogP contribution < -0.4 is 5.73 Å². The molecule has 2 N–H and O–H groups in total. The van der Waals surface area contributed by atoms with Gasteiger partial charge in [-0.15, -0.1) is 0 Å². The highest BCUT2D eigenvalue weighted by atomic mass is 15.1. The predicted octanol–water partition coefficient (Wildman–Crippen LogP) is 1.53. The Kier molecular flexibility index (Phi) is 4.40. The van der Waals surface area contributed by atoms with Gasteiger partial charge >= 0.3 is 0 Å². The minimum absolute atomic E-state index is 0.423. The maximum atomic E-state index is 5.91. The van der Waals surface area contributed by atoms with E-state index in [-0.39, 0.29) is 0 Å². The number of hydrogen-bond acceptors (Lipinski definition) is 3. The summed E-state index contributed by atoms with van der Waals surface area (Å²) in [6.45, 7) is 8.68. The quantitative estimate of drug-likeness (QED) is 0.862. The molecule has 4 heteroatoms. The summed E-state index contributed by atoms with van der Waals surface area (Å²) >= 11 is 0. The van der Waals surface area contributed by atoms with E-state index in [1.807, 2.05) is 12.5 Å². The number of imidazole rings is 1. The first-order valence-corrected chi connectivity index (χ1v) is 7.00. The maximum Gasteiger partial charge on any atom is 0.0948 e. The minimum Gasteiger partial charge on any atom is -0.334 e. The molecule has 18 heavy (non-hydrogen) atoms. The molecule has 2 unspecified atom stereocenters. The zero-order chi connectivity index (χ0) is 13.1. The van der Waals surface area contributed by atoms with Gasteiger partial charge in [-0.05, 0) is 31.8 Å².